The molecule has 0 nitrogen and oxygen atoms in total. The van der Waals surface area contributed by atoms with E-state index in [0.717, 1.165) is 0 Å². The van der Waals surface area contributed by atoms with Crippen LogP contribution < -0.4 is 0 Å². The molecule has 0 atom stereocenters. The van der Waals surface area contributed by atoms with Gasteiger partial charge in [0.2, 0.25) is 0 Å². The molecule has 0 radical (unpaired) electrons. The van der Waals surface area contributed by atoms with Crippen molar-refractivity contribution in [2.24, 2.45) is 0 Å². The second-order valence-electron chi connectivity index (χ2n) is 2.61. The van der Waals surface area contributed by atoms with Crippen LogP contribution in [0.25, 0.3) is 0 Å². The van der Waals surface area contributed by atoms with Gasteiger partial charge in [0.05, 0.1) is 0 Å². The summed E-state index contributed by atoms with van der Waals surface area (Å²) in [7, 11) is 0.766. The summed E-state index contributed by atoms with van der Waals surface area (Å²) in [6, 6.07) is 0. The van der Waals surface area contributed by atoms with Crippen LogP contribution >= 0.6 is 15.8 Å². The van der Waals surface area contributed by atoms with Crippen LogP contribution in [0.3, 0.4) is 0 Å². The fraction of sp³-hybridized carbons (Fsp3) is 0.750. The molecule has 0 saturated carbocycles. The Kier molecular flexibility index (Phi) is 29.3. The molecule has 0 rings (SSSR count). The molecular weight excluding hydrogens is 264 g/mol. The predicted octanol–water partition coefficient (Wildman–Crippen LogP) is 3.37. The first-order valence-corrected chi connectivity index (χ1v) is 7.76. The van der Waals surface area contributed by atoms with Crippen LogP contribution in [-0.2, 0) is 20.4 Å². The molecule has 3 heteroatoms. The van der Waals surface area contributed by atoms with E-state index in [4.69, 9.17) is 0 Å². The Morgan fingerprint density at radius 2 is 0.909 bits per heavy atom. The fourth-order valence-electron chi connectivity index (χ4n) is 0.400. The van der Waals surface area contributed by atoms with Crippen LogP contribution in [-0.4, -0.2) is 39.0 Å². The molecule has 11 heavy (non-hydrogen) atoms. The monoisotopic (exact) mass is 286 g/mol. The van der Waals surface area contributed by atoms with Crippen LogP contribution in [0.4, 0.5) is 0 Å². The summed E-state index contributed by atoms with van der Waals surface area (Å²) in [5.41, 5.74) is 0. The van der Waals surface area contributed by atoms with E-state index in [1.165, 1.54) is 12.3 Å². The fourth-order valence-corrected chi connectivity index (χ4v) is 3.60. The van der Waals surface area contributed by atoms with Gasteiger partial charge >= 0.3 is 20.4 Å². The average Bonchev–Trinajstić information content (AvgIpc) is 1.61. The maximum atomic E-state index is 2.36. The van der Waals surface area contributed by atoms with Crippen LogP contribution in [0.15, 0.2) is 0 Å². The van der Waals surface area contributed by atoms with Gasteiger partial charge in [-0.05, 0) is 39.0 Å². The van der Waals surface area contributed by atoms with Gasteiger partial charge in [-0.1, -0.05) is 0 Å². The van der Waals surface area contributed by atoms with Gasteiger partial charge in [0.15, 0.2) is 0 Å². The standard InChI is InChI=1S/C6H16P2.2CH3.Pd/c1-7(2)5-6-8(3)4;;;/h5-6H2,1-4H3;2*1H3;/q;2*-1;+2. The quantitative estimate of drug-likeness (QED) is 0.424. The van der Waals surface area contributed by atoms with Crippen molar-refractivity contribution in [1.29, 1.82) is 0 Å². The van der Waals surface area contributed by atoms with Crippen molar-refractivity contribution in [2.75, 3.05) is 39.0 Å². The molecule has 0 amide bonds. The molecule has 74 valence electrons. The van der Waals surface area contributed by atoms with Crippen molar-refractivity contribution in [3.63, 3.8) is 0 Å². The molecular formula is C8H22P2Pd. The molecule has 0 aromatic rings. The number of hydrogen-bond donors (Lipinski definition) is 0. The maximum Gasteiger partial charge on any atom is 2.00 e. The molecule has 0 unspecified atom stereocenters. The third kappa shape index (κ3) is 24.6. The Balaban J connectivity index is -0.0000000817. The molecule has 0 heterocycles. The van der Waals surface area contributed by atoms with Crippen molar-refractivity contribution < 1.29 is 20.4 Å². The summed E-state index contributed by atoms with van der Waals surface area (Å²) in [5, 5.41) is 0. The number of rotatable bonds is 3. The Bertz CT molecular complexity index is 48.1. The summed E-state index contributed by atoms with van der Waals surface area (Å²) in [6.07, 6.45) is 2.96. The van der Waals surface area contributed by atoms with Crippen LogP contribution in [0.5, 0.6) is 0 Å². The second kappa shape index (κ2) is 14.1. The first-order chi connectivity index (χ1) is 3.63. The average molecular weight is 287 g/mol. The van der Waals surface area contributed by atoms with E-state index in [2.05, 4.69) is 26.7 Å². The number of hydrogen-bond acceptors (Lipinski definition) is 0. The molecule has 0 fully saturated rings. The molecule has 0 aliphatic heterocycles. The molecule has 0 aliphatic carbocycles. The van der Waals surface area contributed by atoms with Crippen LogP contribution in [0, 0.1) is 14.9 Å². The molecule has 0 saturated heterocycles. The van der Waals surface area contributed by atoms with Crippen LogP contribution in [0.2, 0.25) is 0 Å². The molecule has 0 N–H and O–H groups in total. The Hall–Kier alpha value is 1.52. The van der Waals surface area contributed by atoms with E-state index in [1.807, 2.05) is 0 Å². The van der Waals surface area contributed by atoms with Gasteiger partial charge in [0, 0.05) is 0 Å². The molecule has 0 aromatic carbocycles. The summed E-state index contributed by atoms with van der Waals surface area (Å²) >= 11 is 0. The normalized spacial score (nSPS) is 8.18. The van der Waals surface area contributed by atoms with Crippen molar-refractivity contribution in [2.45, 2.75) is 0 Å². The van der Waals surface area contributed by atoms with Crippen molar-refractivity contribution >= 4 is 15.8 Å². The van der Waals surface area contributed by atoms with Gasteiger partial charge in [-0.2, -0.15) is 0 Å². The molecule has 0 aromatic heterocycles. The van der Waals surface area contributed by atoms with Crippen molar-refractivity contribution in [1.82, 2.24) is 0 Å². The minimum absolute atomic E-state index is 0. The van der Waals surface area contributed by atoms with Crippen LogP contribution in [0.1, 0.15) is 0 Å². The summed E-state index contributed by atoms with van der Waals surface area (Å²) in [4.78, 5) is 0. The smallest absolute Gasteiger partial charge is 0.358 e. The molecule has 0 spiro atoms. The van der Waals surface area contributed by atoms with E-state index in [-0.39, 0.29) is 35.3 Å². The zero-order chi connectivity index (χ0) is 6.57. The van der Waals surface area contributed by atoms with Gasteiger partial charge in [0.25, 0.3) is 0 Å². The topological polar surface area (TPSA) is 0 Å². The van der Waals surface area contributed by atoms with Gasteiger partial charge in [-0.3, -0.25) is 0 Å². The largest absolute Gasteiger partial charge is 2.00 e. The minimum atomic E-state index is 0. The van der Waals surface area contributed by atoms with Gasteiger partial charge < -0.3 is 14.9 Å². The first kappa shape index (κ1) is 22.9. The van der Waals surface area contributed by atoms with E-state index in [0.29, 0.717) is 15.8 Å². The Morgan fingerprint density at radius 3 is 1.00 bits per heavy atom. The first-order valence-electron chi connectivity index (χ1n) is 2.92. The zero-order valence-electron chi connectivity index (χ0n) is 8.62. The third-order valence-corrected chi connectivity index (χ3v) is 3.58. The summed E-state index contributed by atoms with van der Waals surface area (Å²) in [6.45, 7) is 9.42. The minimum Gasteiger partial charge on any atom is -0.358 e. The summed E-state index contributed by atoms with van der Waals surface area (Å²) in [5.74, 6) is 0. The summed E-state index contributed by atoms with van der Waals surface area (Å²) < 4.78 is 0. The van der Waals surface area contributed by atoms with Gasteiger partial charge in [-0.25, -0.2) is 0 Å². The van der Waals surface area contributed by atoms with Gasteiger partial charge in [0.1, 0.15) is 0 Å². The zero-order valence-corrected chi connectivity index (χ0v) is 12.0. The van der Waals surface area contributed by atoms with E-state index in [9.17, 15) is 0 Å². The van der Waals surface area contributed by atoms with Crippen molar-refractivity contribution in [3.8, 4) is 0 Å². The van der Waals surface area contributed by atoms with E-state index < -0.39 is 0 Å². The van der Waals surface area contributed by atoms with E-state index >= 15 is 0 Å². The van der Waals surface area contributed by atoms with Gasteiger partial charge in [-0.15, -0.1) is 15.8 Å². The Morgan fingerprint density at radius 1 is 0.727 bits per heavy atom. The SMILES string of the molecule is CP(C)CCP(C)C.[CH3-].[CH3-].[Pd+2]. The maximum absolute atomic E-state index is 2.36. The molecule has 0 aliphatic rings. The predicted molar refractivity (Wildman–Crippen MR) is 60.1 cm³/mol. The second-order valence-corrected chi connectivity index (χ2v) is 7.82. The Labute approximate surface area is 90.1 Å². The van der Waals surface area contributed by atoms with E-state index in [1.54, 1.807) is 0 Å². The molecule has 0 bridgehead atoms. The third-order valence-electron chi connectivity index (χ3n) is 0.994. The van der Waals surface area contributed by atoms with Crippen molar-refractivity contribution in [3.05, 3.63) is 14.9 Å².